The minimum atomic E-state index is -4.48. The van der Waals surface area contributed by atoms with Crippen LogP contribution in [-0.2, 0) is 15.6 Å². The number of aliphatic hydroxyl groups is 1. The summed E-state index contributed by atoms with van der Waals surface area (Å²) in [7, 11) is -4.48. The smallest absolute Gasteiger partial charge is 0.423 e. The van der Waals surface area contributed by atoms with Gasteiger partial charge in [0.25, 0.3) is 0 Å². The third-order valence-electron chi connectivity index (χ3n) is 5.42. The molecule has 2 N–H and O–H groups in total. The monoisotopic (exact) mass is 540 g/mol. The van der Waals surface area contributed by atoms with Crippen LogP contribution in [0.4, 0.5) is 10.5 Å². The Morgan fingerprint density at radius 2 is 1.58 bits per heavy atom. The van der Waals surface area contributed by atoms with Gasteiger partial charge in [-0.3, -0.25) is 4.79 Å². The average Bonchev–Trinajstić information content (AvgIpc) is 3.22. The molecule has 0 saturated carbocycles. The normalized spacial score (nSPS) is 11.9. The van der Waals surface area contributed by atoms with Crippen molar-refractivity contribution in [2.24, 2.45) is 0 Å². The molecule has 3 aromatic rings. The summed E-state index contributed by atoms with van der Waals surface area (Å²) in [6.07, 6.45) is 0. The number of anilines is 1. The Balaban J connectivity index is 0.00000456. The van der Waals surface area contributed by atoms with Crippen LogP contribution in [0.15, 0.2) is 53.6 Å². The maximum absolute atomic E-state index is 13.0. The first-order valence-corrected chi connectivity index (χ1v) is 13.0. The van der Waals surface area contributed by atoms with Crippen LogP contribution in [0.3, 0.4) is 0 Å². The minimum absolute atomic E-state index is 0. The number of sulfonamides is 1. The van der Waals surface area contributed by atoms with E-state index >= 15 is 0 Å². The Hall–Kier alpha value is -1.88. The van der Waals surface area contributed by atoms with E-state index in [1.165, 1.54) is 24.6 Å². The summed E-state index contributed by atoms with van der Waals surface area (Å²) in [5.74, 6) is 0.0445. The topological polar surface area (TPSA) is 115 Å². The molecule has 0 unspecified atom stereocenters. The van der Waals surface area contributed by atoms with Crippen LogP contribution in [0, 0.1) is 0 Å². The summed E-state index contributed by atoms with van der Waals surface area (Å²) in [4.78, 5) is 12.8. The Bertz CT molecular complexity index is 1300. The molecule has 0 radical (unpaired) electrons. The van der Waals surface area contributed by atoms with Crippen molar-refractivity contribution in [1.29, 1.82) is 0 Å². The van der Waals surface area contributed by atoms with Crippen molar-refractivity contribution < 1.29 is 47.9 Å². The first-order chi connectivity index (χ1) is 16.2. The van der Waals surface area contributed by atoms with Crippen LogP contribution in [0.2, 0.25) is 5.02 Å². The first kappa shape index (κ1) is 30.3. The van der Waals surface area contributed by atoms with Gasteiger partial charge in [-0.05, 0) is 66.8 Å². The van der Waals surface area contributed by atoms with Crippen molar-refractivity contribution in [3.63, 3.8) is 0 Å². The van der Waals surface area contributed by atoms with Gasteiger partial charge in [0.05, 0.1) is 11.4 Å². The van der Waals surface area contributed by atoms with E-state index in [0.29, 0.717) is 16.4 Å². The first-order valence-electron chi connectivity index (χ1n) is 11.2. The second-order valence-corrected chi connectivity index (χ2v) is 11.4. The number of aromatic nitrogens is 2. The Kier molecular flexibility index (Phi) is 9.83. The van der Waals surface area contributed by atoms with Gasteiger partial charge in [0.2, 0.25) is 10.0 Å². The number of nitrogens with one attached hydrogen (secondary N) is 1. The van der Waals surface area contributed by atoms with Gasteiger partial charge in [-0.15, -0.1) is 0 Å². The number of hydrogen-bond acceptors (Lipinski definition) is 5. The zero-order chi connectivity index (χ0) is 26.1. The zero-order valence-corrected chi connectivity index (χ0v) is 25.1. The Morgan fingerprint density at radius 3 is 2.06 bits per heavy atom. The molecule has 11 heteroatoms. The third kappa shape index (κ3) is 6.90. The summed E-state index contributed by atoms with van der Waals surface area (Å²) >= 11 is 6.27. The molecule has 2 amide bonds. The Morgan fingerprint density at radius 1 is 1.06 bits per heavy atom. The fourth-order valence-corrected chi connectivity index (χ4v) is 4.72. The van der Waals surface area contributed by atoms with Crippen LogP contribution < -0.4 is 34.9 Å². The van der Waals surface area contributed by atoms with Gasteiger partial charge in [0.15, 0.2) is 11.1 Å². The fraction of sp³-hybridized carbons (Fsp3) is 0.360. The van der Waals surface area contributed by atoms with E-state index in [0.717, 1.165) is 11.1 Å². The van der Waals surface area contributed by atoms with E-state index in [-0.39, 0.29) is 47.1 Å². The van der Waals surface area contributed by atoms with E-state index in [1.54, 1.807) is 36.4 Å². The molecule has 3 rings (SSSR count). The van der Waals surface area contributed by atoms with Crippen LogP contribution in [0.5, 0.6) is 0 Å². The summed E-state index contributed by atoms with van der Waals surface area (Å²) in [6, 6.07) is 12.5. The molecule has 188 valence electrons. The van der Waals surface area contributed by atoms with Crippen LogP contribution >= 0.6 is 11.6 Å². The van der Waals surface area contributed by atoms with Crippen molar-refractivity contribution in [3.05, 3.63) is 75.1 Å². The summed E-state index contributed by atoms with van der Waals surface area (Å²) in [5.41, 5.74) is 1.44. The van der Waals surface area contributed by atoms with Gasteiger partial charge < -0.3 is 15.1 Å². The average molecular weight is 541 g/mol. The molecule has 2 aromatic carbocycles. The van der Waals surface area contributed by atoms with Crippen LogP contribution in [-0.4, -0.2) is 29.3 Å². The Labute approximate surface area is 239 Å². The molecule has 0 aliphatic heterocycles. The maximum atomic E-state index is 13.0. The number of urea groups is 1. The molecule has 0 aliphatic rings. The van der Waals surface area contributed by atoms with Gasteiger partial charge in [0.1, 0.15) is 5.60 Å². The predicted molar refractivity (Wildman–Crippen MR) is 138 cm³/mol. The second-order valence-electron chi connectivity index (χ2n) is 9.44. The molecule has 36 heavy (non-hydrogen) atoms. The van der Waals surface area contributed by atoms with E-state index in [4.69, 9.17) is 11.6 Å². The molecule has 0 aliphatic carbocycles. The van der Waals surface area contributed by atoms with E-state index in [1.807, 2.05) is 33.8 Å². The molecule has 0 fully saturated rings. The molecule has 1 aromatic heterocycles. The van der Waals surface area contributed by atoms with Crippen molar-refractivity contribution in [2.75, 3.05) is 5.32 Å². The van der Waals surface area contributed by atoms with Crippen molar-refractivity contribution in [1.82, 2.24) is 9.78 Å². The van der Waals surface area contributed by atoms with Crippen LogP contribution in [0.1, 0.15) is 70.2 Å². The molecule has 0 saturated heterocycles. The minimum Gasteiger partial charge on any atom is -0.423 e. The van der Waals surface area contributed by atoms with Crippen molar-refractivity contribution >= 4 is 33.3 Å². The van der Waals surface area contributed by atoms with Gasteiger partial charge in [-0.1, -0.05) is 57.5 Å². The fourth-order valence-electron chi connectivity index (χ4n) is 3.68. The quantitative estimate of drug-likeness (QED) is 0.446. The molecule has 1 heterocycles. The number of nitrogens with zero attached hydrogens (tertiary/aromatic N) is 3. The van der Waals surface area contributed by atoms with Gasteiger partial charge in [-0.2, -0.15) is 5.10 Å². The molecule has 8 nitrogen and oxygen atoms in total. The number of halogens is 1. The number of rotatable bonds is 7. The third-order valence-corrected chi connectivity index (χ3v) is 6.77. The number of benzene rings is 2. The molecular weight excluding hydrogens is 511 g/mol. The predicted octanol–water partition coefficient (Wildman–Crippen LogP) is 3.30. The van der Waals surface area contributed by atoms with Gasteiger partial charge in [0, 0.05) is 11.1 Å². The maximum Gasteiger partial charge on any atom is 1.00 e. The molecule has 0 atom stereocenters. The molecule has 0 spiro atoms. The SMILES string of the molecule is CC(C)c1cc(Cl)cc(C(C)C)c1NC(=O)[N-]S(=O)(=O)c1cc(C(C)(C)O)n(-c2ccccc2)n1.[Na+]. The van der Waals surface area contributed by atoms with E-state index in [2.05, 4.69) is 15.1 Å². The van der Waals surface area contributed by atoms with Crippen molar-refractivity contribution in [3.8, 4) is 5.69 Å². The summed E-state index contributed by atoms with van der Waals surface area (Å²) in [5, 5.41) is 17.5. The second kappa shape index (κ2) is 11.7. The van der Waals surface area contributed by atoms with Gasteiger partial charge in [-0.25, -0.2) is 13.1 Å². The number of carbonyl (C=O) groups excluding carboxylic acids is 1. The number of hydrogen-bond donors (Lipinski definition) is 2. The van der Waals surface area contributed by atoms with Gasteiger partial charge >= 0.3 is 29.6 Å². The van der Waals surface area contributed by atoms with E-state index < -0.39 is 26.7 Å². The number of para-hydroxylation sites is 1. The largest absolute Gasteiger partial charge is 1.00 e. The van der Waals surface area contributed by atoms with Crippen LogP contribution in [0.25, 0.3) is 10.4 Å². The standard InChI is InChI=1S/C25H31ClN4O4S.Na/c1-15(2)19-12-17(26)13-20(16(3)4)23(19)27-24(31)29-35(33,34)22-14-21(25(5,6)32)30(28-22)18-10-8-7-9-11-18;/h7-16,32H,1-6H3,(H2,27,29,31);/q;+1/p-1. The van der Waals surface area contributed by atoms with E-state index in [9.17, 15) is 18.3 Å². The molecular formula is C25H30ClN4NaO4S. The molecule has 0 bridgehead atoms. The summed E-state index contributed by atoms with van der Waals surface area (Å²) in [6.45, 7) is 10.8. The number of amides is 2. The number of carbonyl (C=O) groups is 1. The van der Waals surface area contributed by atoms with Crippen molar-refractivity contribution in [2.45, 2.75) is 64.0 Å². The summed E-state index contributed by atoms with van der Waals surface area (Å²) < 4.78 is 30.9. The zero-order valence-electron chi connectivity index (χ0n) is 21.6.